The molecule has 7 aromatic carbocycles. The lowest BCUT2D eigenvalue weighted by atomic mass is 9.90. The normalized spacial score (nSPS) is 11.4. The van der Waals surface area contributed by atoms with Crippen LogP contribution in [0.2, 0.25) is 0 Å². The molecule has 38 heavy (non-hydrogen) atoms. The molecular weight excluding hydrogens is 456 g/mol. The summed E-state index contributed by atoms with van der Waals surface area (Å²) in [5.74, 6) is 0. The third-order valence-corrected chi connectivity index (χ3v) is 7.93. The van der Waals surface area contributed by atoms with Crippen LogP contribution in [-0.4, -0.2) is 0 Å². The van der Waals surface area contributed by atoms with Gasteiger partial charge < -0.3 is 0 Å². The largest absolute Gasteiger partial charge is 0.0622 e. The zero-order chi connectivity index (χ0) is 25.6. The van der Waals surface area contributed by atoms with Gasteiger partial charge in [-0.1, -0.05) is 127 Å². The molecule has 0 aliphatic carbocycles. The molecule has 0 amide bonds. The van der Waals surface area contributed by atoms with Crippen molar-refractivity contribution in [1.82, 2.24) is 0 Å². The maximum absolute atomic E-state index is 2.37. The number of fused-ring (bicyclic) bond motifs is 6. The SMILES string of the molecule is Cc1cc(-c2ccccc2)ccc1-c1ccc(-c2ccc3c4ccccc4c4ccccc4c3c2)cc1C. The van der Waals surface area contributed by atoms with E-state index in [4.69, 9.17) is 0 Å². The lowest BCUT2D eigenvalue weighted by molar-refractivity contribution is 1.40. The van der Waals surface area contributed by atoms with E-state index in [9.17, 15) is 0 Å². The van der Waals surface area contributed by atoms with Gasteiger partial charge in [0.2, 0.25) is 0 Å². The van der Waals surface area contributed by atoms with Crippen molar-refractivity contribution in [2.45, 2.75) is 13.8 Å². The molecule has 0 saturated carbocycles. The minimum Gasteiger partial charge on any atom is -0.0622 e. The second-order valence-corrected chi connectivity index (χ2v) is 10.3. The van der Waals surface area contributed by atoms with Crippen molar-refractivity contribution >= 4 is 32.3 Å². The molecule has 0 radical (unpaired) electrons. The Morgan fingerprint density at radius 2 is 0.684 bits per heavy atom. The second-order valence-electron chi connectivity index (χ2n) is 10.3. The first-order valence-corrected chi connectivity index (χ1v) is 13.3. The Balaban J connectivity index is 1.32. The molecule has 7 aromatic rings. The van der Waals surface area contributed by atoms with Gasteiger partial charge in [0.25, 0.3) is 0 Å². The number of aryl methyl sites for hydroxylation is 2. The summed E-state index contributed by atoms with van der Waals surface area (Å²) in [6.45, 7) is 4.45. The molecule has 0 saturated heterocycles. The summed E-state index contributed by atoms with van der Waals surface area (Å²) in [5, 5.41) is 7.88. The summed E-state index contributed by atoms with van der Waals surface area (Å²) in [6.07, 6.45) is 0. The van der Waals surface area contributed by atoms with E-state index in [2.05, 4.69) is 147 Å². The first-order valence-electron chi connectivity index (χ1n) is 13.3. The fraction of sp³-hybridized carbons (Fsp3) is 0.0526. The van der Waals surface area contributed by atoms with Crippen LogP contribution in [0.25, 0.3) is 65.7 Å². The van der Waals surface area contributed by atoms with Gasteiger partial charge in [0, 0.05) is 0 Å². The predicted molar refractivity (Wildman–Crippen MR) is 165 cm³/mol. The van der Waals surface area contributed by atoms with Gasteiger partial charge in [-0.3, -0.25) is 0 Å². The van der Waals surface area contributed by atoms with Crippen LogP contribution >= 0.6 is 0 Å². The fourth-order valence-electron chi connectivity index (χ4n) is 6.01. The lowest BCUT2D eigenvalue weighted by Gasteiger charge is -2.14. The van der Waals surface area contributed by atoms with Crippen molar-refractivity contribution in [2.75, 3.05) is 0 Å². The van der Waals surface area contributed by atoms with E-state index in [1.54, 1.807) is 0 Å². The van der Waals surface area contributed by atoms with Crippen LogP contribution in [0.15, 0.2) is 133 Å². The highest BCUT2D eigenvalue weighted by Gasteiger charge is 2.12. The van der Waals surface area contributed by atoms with E-state index in [1.807, 2.05) is 0 Å². The van der Waals surface area contributed by atoms with E-state index in [1.165, 1.54) is 76.8 Å². The molecule has 0 unspecified atom stereocenters. The summed E-state index contributed by atoms with van der Waals surface area (Å²) in [7, 11) is 0. The fourth-order valence-corrected chi connectivity index (χ4v) is 6.01. The minimum atomic E-state index is 1.25. The summed E-state index contributed by atoms with van der Waals surface area (Å²) in [4.78, 5) is 0. The number of rotatable bonds is 3. The molecule has 7 rings (SSSR count). The predicted octanol–water partition coefficient (Wildman–Crippen LogP) is 10.8. The topological polar surface area (TPSA) is 0 Å². The molecule has 0 aromatic heterocycles. The Hall–Kier alpha value is -4.68. The molecule has 0 heteroatoms. The first kappa shape index (κ1) is 22.5. The number of hydrogen-bond donors (Lipinski definition) is 0. The van der Waals surface area contributed by atoms with E-state index in [0.717, 1.165) is 0 Å². The summed E-state index contributed by atoms with van der Waals surface area (Å²) in [5.41, 5.74) is 10.2. The van der Waals surface area contributed by atoms with Gasteiger partial charge in [0.15, 0.2) is 0 Å². The highest BCUT2D eigenvalue weighted by molar-refractivity contribution is 6.25. The van der Waals surface area contributed by atoms with Gasteiger partial charge >= 0.3 is 0 Å². The van der Waals surface area contributed by atoms with Gasteiger partial charge in [-0.15, -0.1) is 0 Å². The second kappa shape index (κ2) is 9.01. The molecule has 0 N–H and O–H groups in total. The highest BCUT2D eigenvalue weighted by Crippen LogP contribution is 2.38. The monoisotopic (exact) mass is 484 g/mol. The zero-order valence-electron chi connectivity index (χ0n) is 21.7. The van der Waals surface area contributed by atoms with Crippen molar-refractivity contribution in [3.05, 3.63) is 145 Å². The molecule has 0 aliphatic rings. The quantitative estimate of drug-likeness (QED) is 0.219. The van der Waals surface area contributed by atoms with Crippen LogP contribution in [0.3, 0.4) is 0 Å². The minimum absolute atomic E-state index is 1.25. The molecule has 0 nitrogen and oxygen atoms in total. The third kappa shape index (κ3) is 3.69. The highest BCUT2D eigenvalue weighted by atomic mass is 14.2. The van der Waals surface area contributed by atoms with Crippen molar-refractivity contribution in [1.29, 1.82) is 0 Å². The van der Waals surface area contributed by atoms with Crippen molar-refractivity contribution in [3.8, 4) is 33.4 Å². The van der Waals surface area contributed by atoms with Gasteiger partial charge in [-0.2, -0.15) is 0 Å². The molecule has 180 valence electrons. The Morgan fingerprint density at radius 1 is 0.289 bits per heavy atom. The van der Waals surface area contributed by atoms with Crippen LogP contribution in [0, 0.1) is 13.8 Å². The van der Waals surface area contributed by atoms with Gasteiger partial charge in [-0.05, 0) is 96.7 Å². The van der Waals surface area contributed by atoms with Gasteiger partial charge in [0.05, 0.1) is 0 Å². The molecule has 0 heterocycles. The van der Waals surface area contributed by atoms with Crippen LogP contribution in [0.1, 0.15) is 11.1 Å². The Bertz CT molecular complexity index is 1940. The summed E-state index contributed by atoms with van der Waals surface area (Å²) < 4.78 is 0. The van der Waals surface area contributed by atoms with Crippen LogP contribution in [0.4, 0.5) is 0 Å². The lowest BCUT2D eigenvalue weighted by Crippen LogP contribution is -1.90. The molecule has 0 aliphatic heterocycles. The summed E-state index contributed by atoms with van der Waals surface area (Å²) >= 11 is 0. The van der Waals surface area contributed by atoms with E-state index >= 15 is 0 Å². The Labute approximate surface area is 223 Å². The van der Waals surface area contributed by atoms with Crippen LogP contribution in [0.5, 0.6) is 0 Å². The van der Waals surface area contributed by atoms with Crippen molar-refractivity contribution in [2.24, 2.45) is 0 Å². The number of hydrogen-bond acceptors (Lipinski definition) is 0. The Kier molecular flexibility index (Phi) is 5.34. The standard InChI is InChI=1S/C38H28/c1-25-22-28(27-10-4-3-5-11-27)16-19-31(25)32-20-17-29(23-26(32)2)30-18-21-37-35-14-7-6-12-33(35)34-13-8-9-15-36(34)38(37)24-30/h3-24H,1-2H3. The van der Waals surface area contributed by atoms with Gasteiger partial charge in [0.1, 0.15) is 0 Å². The number of benzene rings is 7. The van der Waals surface area contributed by atoms with E-state index in [0.29, 0.717) is 0 Å². The zero-order valence-corrected chi connectivity index (χ0v) is 21.7. The summed E-state index contributed by atoms with van der Waals surface area (Å²) in [6, 6.07) is 48.8. The molecule has 0 spiro atoms. The molecular formula is C38H28. The van der Waals surface area contributed by atoms with Crippen molar-refractivity contribution < 1.29 is 0 Å². The average Bonchev–Trinajstić information content (AvgIpc) is 2.98. The van der Waals surface area contributed by atoms with Crippen LogP contribution in [-0.2, 0) is 0 Å². The average molecular weight is 485 g/mol. The maximum atomic E-state index is 2.37. The Morgan fingerprint density at radius 3 is 1.21 bits per heavy atom. The van der Waals surface area contributed by atoms with E-state index < -0.39 is 0 Å². The van der Waals surface area contributed by atoms with Gasteiger partial charge in [-0.25, -0.2) is 0 Å². The van der Waals surface area contributed by atoms with Crippen molar-refractivity contribution in [3.63, 3.8) is 0 Å². The van der Waals surface area contributed by atoms with E-state index in [-0.39, 0.29) is 0 Å². The molecule has 0 atom stereocenters. The first-order chi connectivity index (χ1) is 18.7. The third-order valence-electron chi connectivity index (χ3n) is 7.93. The molecule has 0 bridgehead atoms. The smallest absolute Gasteiger partial charge is 0.00928 e. The maximum Gasteiger partial charge on any atom is -0.00928 e. The molecule has 0 fully saturated rings. The van der Waals surface area contributed by atoms with Crippen LogP contribution < -0.4 is 0 Å².